The minimum atomic E-state index is -0.824. The molecule has 2 atom stereocenters. The Morgan fingerprint density at radius 1 is 1.50 bits per heavy atom. The maximum absolute atomic E-state index is 14.0. The fourth-order valence-electron chi connectivity index (χ4n) is 2.38. The average Bonchev–Trinajstić information content (AvgIpc) is 2.93. The van der Waals surface area contributed by atoms with Crippen LogP contribution in [-0.2, 0) is 9.47 Å². The summed E-state index contributed by atoms with van der Waals surface area (Å²) in [6.45, 7) is 4.16. The van der Waals surface area contributed by atoms with E-state index in [0.29, 0.717) is 6.42 Å². The first-order valence-corrected chi connectivity index (χ1v) is 7.89. The van der Waals surface area contributed by atoms with Gasteiger partial charge in [0.2, 0.25) is 0 Å². The molecule has 136 valence electrons. The lowest BCUT2D eigenvalue weighted by molar-refractivity contribution is 0.00746. The lowest BCUT2D eigenvalue weighted by atomic mass is 10.2. The summed E-state index contributed by atoms with van der Waals surface area (Å²) in [6, 6.07) is 0. The highest BCUT2D eigenvalue weighted by Crippen LogP contribution is 2.26. The number of unbranched alkanes of at least 4 members (excludes halogenated alkanes) is 2. The minimum Gasteiger partial charge on any atom is -0.449 e. The number of ether oxygens (including phenoxy) is 2. The number of hydrogen-bond acceptors (Lipinski definition) is 5. The van der Waals surface area contributed by atoms with Gasteiger partial charge in [0, 0.05) is 0 Å². The first-order valence-electron chi connectivity index (χ1n) is 7.89. The molecule has 2 rings (SSSR count). The number of aromatic nitrogens is 2. The van der Waals surface area contributed by atoms with Gasteiger partial charge in [0.1, 0.15) is 6.23 Å². The number of hydrogen-bond donors (Lipinski definition) is 1. The maximum atomic E-state index is 14.0. The second kappa shape index (κ2) is 9.36. The van der Waals surface area contributed by atoms with Crippen molar-refractivity contribution in [1.82, 2.24) is 9.55 Å². The number of anilines is 1. The fourth-order valence-corrected chi connectivity index (χ4v) is 2.38. The zero-order chi connectivity index (χ0) is 16.8. The predicted molar refractivity (Wildman–Crippen MR) is 88.5 cm³/mol. The Labute approximate surface area is 141 Å². The summed E-state index contributed by atoms with van der Waals surface area (Å²) in [5.41, 5.74) is -0.674. The van der Waals surface area contributed by atoms with Crippen LogP contribution in [0.3, 0.4) is 0 Å². The monoisotopic (exact) mass is 343 g/mol. The minimum absolute atomic E-state index is 0. The van der Waals surface area contributed by atoms with E-state index in [0.717, 1.165) is 36.4 Å². The Morgan fingerprint density at radius 3 is 2.88 bits per heavy atom. The highest BCUT2D eigenvalue weighted by molar-refractivity contribution is 5.83. The summed E-state index contributed by atoms with van der Waals surface area (Å²) in [5.74, 6) is -1.24. The Hall–Kier alpha value is -1.96. The van der Waals surface area contributed by atoms with E-state index in [1.807, 2.05) is 13.8 Å². The summed E-state index contributed by atoms with van der Waals surface area (Å²) in [4.78, 5) is 27.1. The summed E-state index contributed by atoms with van der Waals surface area (Å²) in [6.07, 6.45) is 3.77. The van der Waals surface area contributed by atoms with E-state index in [9.17, 15) is 14.0 Å². The van der Waals surface area contributed by atoms with Gasteiger partial charge in [-0.3, -0.25) is 9.88 Å². The molecule has 0 bridgehead atoms. The maximum Gasteiger partial charge on any atom is 0.412 e. The largest absolute Gasteiger partial charge is 0.449 e. The van der Waals surface area contributed by atoms with Crippen molar-refractivity contribution < 1.29 is 18.7 Å². The predicted octanol–water partition coefficient (Wildman–Crippen LogP) is 3.45. The van der Waals surface area contributed by atoms with Gasteiger partial charge in [-0.15, -0.1) is 0 Å². The second-order valence-corrected chi connectivity index (χ2v) is 5.57. The molecule has 0 saturated carbocycles. The van der Waals surface area contributed by atoms with E-state index < -0.39 is 29.6 Å². The van der Waals surface area contributed by atoms with Crippen molar-refractivity contribution in [3.8, 4) is 0 Å². The molecule has 2 unspecified atom stereocenters. The molecule has 1 saturated heterocycles. The summed E-state index contributed by atoms with van der Waals surface area (Å²) in [7, 11) is 0. The topological polar surface area (TPSA) is 82.5 Å². The fraction of sp³-hybridized carbons (Fsp3) is 0.688. The van der Waals surface area contributed by atoms with E-state index in [4.69, 9.17) is 9.47 Å². The van der Waals surface area contributed by atoms with Crippen molar-refractivity contribution in [2.24, 2.45) is 0 Å². The molecule has 0 spiro atoms. The highest BCUT2D eigenvalue weighted by atomic mass is 19.1. The third kappa shape index (κ3) is 5.30. The average molecular weight is 343 g/mol. The lowest BCUT2D eigenvalue weighted by Crippen LogP contribution is -2.29. The van der Waals surface area contributed by atoms with Crippen molar-refractivity contribution in [2.75, 3.05) is 11.9 Å². The molecule has 1 aliphatic heterocycles. The van der Waals surface area contributed by atoms with Crippen molar-refractivity contribution in [3.63, 3.8) is 0 Å². The third-order valence-corrected chi connectivity index (χ3v) is 3.63. The quantitative estimate of drug-likeness (QED) is 0.800. The van der Waals surface area contributed by atoms with Crippen LogP contribution in [0.15, 0.2) is 11.0 Å². The number of carbonyl (C=O) groups is 1. The van der Waals surface area contributed by atoms with Crippen LogP contribution in [0.2, 0.25) is 0 Å². The van der Waals surface area contributed by atoms with Gasteiger partial charge in [0.05, 0.1) is 18.9 Å². The SMILES string of the molecule is C.CCCCCOC(=O)Nc1nc(=O)n(C2CCC(C)O2)cc1F. The Morgan fingerprint density at radius 2 is 2.25 bits per heavy atom. The van der Waals surface area contributed by atoms with Crippen molar-refractivity contribution in [1.29, 1.82) is 0 Å². The Balaban J connectivity index is 0.00000288. The van der Waals surface area contributed by atoms with Crippen LogP contribution in [0.25, 0.3) is 0 Å². The summed E-state index contributed by atoms with van der Waals surface area (Å²) >= 11 is 0. The summed E-state index contributed by atoms with van der Waals surface area (Å²) in [5, 5.41) is 2.15. The normalized spacial score (nSPS) is 19.6. The zero-order valence-electron chi connectivity index (χ0n) is 13.4. The van der Waals surface area contributed by atoms with E-state index in [1.54, 1.807) is 0 Å². The van der Waals surface area contributed by atoms with Gasteiger partial charge in [-0.25, -0.2) is 14.0 Å². The van der Waals surface area contributed by atoms with Gasteiger partial charge in [0.25, 0.3) is 0 Å². The molecule has 1 N–H and O–H groups in total. The number of carbonyl (C=O) groups excluding carboxylic acids is 1. The molecule has 1 aromatic rings. The van der Waals surface area contributed by atoms with Crippen LogP contribution in [0.5, 0.6) is 0 Å². The Bertz CT molecular complexity index is 605. The van der Waals surface area contributed by atoms with E-state index in [-0.39, 0.29) is 20.1 Å². The van der Waals surface area contributed by atoms with Crippen LogP contribution in [0, 0.1) is 5.82 Å². The molecule has 0 aromatic carbocycles. The molecule has 1 aliphatic rings. The van der Waals surface area contributed by atoms with Crippen LogP contribution < -0.4 is 11.0 Å². The van der Waals surface area contributed by atoms with E-state index >= 15 is 0 Å². The van der Waals surface area contributed by atoms with Crippen LogP contribution >= 0.6 is 0 Å². The number of nitrogens with zero attached hydrogens (tertiary/aromatic N) is 2. The third-order valence-electron chi connectivity index (χ3n) is 3.63. The molecule has 2 heterocycles. The lowest BCUT2D eigenvalue weighted by Gasteiger charge is -2.15. The van der Waals surface area contributed by atoms with Crippen LogP contribution in [0.4, 0.5) is 15.0 Å². The molecule has 8 heteroatoms. The number of amides is 1. The molecule has 1 amide bonds. The van der Waals surface area contributed by atoms with Crippen molar-refractivity contribution in [2.45, 2.75) is 65.7 Å². The molecular weight excluding hydrogens is 317 g/mol. The number of nitrogens with one attached hydrogen (secondary N) is 1. The van der Waals surface area contributed by atoms with E-state index in [1.165, 1.54) is 0 Å². The van der Waals surface area contributed by atoms with Gasteiger partial charge in [-0.2, -0.15) is 4.98 Å². The van der Waals surface area contributed by atoms with Crippen molar-refractivity contribution in [3.05, 3.63) is 22.5 Å². The molecule has 7 nitrogen and oxygen atoms in total. The number of rotatable bonds is 6. The first kappa shape index (κ1) is 20.1. The zero-order valence-corrected chi connectivity index (χ0v) is 13.4. The standard InChI is InChI=1S/C15H22FN3O4.CH4/c1-3-4-5-8-22-15(21)18-13-11(16)9-19(14(20)17-13)12-7-6-10(2)23-12;/h9-10,12H,3-8H2,1-2H3,(H,17,18,20,21);1H4. The molecule has 0 radical (unpaired) electrons. The highest BCUT2D eigenvalue weighted by Gasteiger charge is 2.25. The van der Waals surface area contributed by atoms with Gasteiger partial charge in [-0.05, 0) is 26.2 Å². The number of halogens is 1. The van der Waals surface area contributed by atoms with Gasteiger partial charge in [0.15, 0.2) is 11.6 Å². The first-order chi connectivity index (χ1) is 11.0. The van der Waals surface area contributed by atoms with Gasteiger partial charge in [-0.1, -0.05) is 27.2 Å². The summed E-state index contributed by atoms with van der Waals surface area (Å²) < 4.78 is 25.6. The van der Waals surface area contributed by atoms with Gasteiger partial charge >= 0.3 is 11.8 Å². The second-order valence-electron chi connectivity index (χ2n) is 5.57. The smallest absolute Gasteiger partial charge is 0.412 e. The molecule has 24 heavy (non-hydrogen) atoms. The molecule has 1 aromatic heterocycles. The van der Waals surface area contributed by atoms with Gasteiger partial charge < -0.3 is 9.47 Å². The molecular formula is C16H26FN3O4. The van der Waals surface area contributed by atoms with Crippen LogP contribution in [0.1, 0.15) is 59.6 Å². The Kier molecular flexibility index (Phi) is 7.84. The van der Waals surface area contributed by atoms with E-state index in [2.05, 4.69) is 10.3 Å². The van der Waals surface area contributed by atoms with Crippen LogP contribution in [-0.4, -0.2) is 28.4 Å². The molecule has 1 fully saturated rings. The molecule has 0 aliphatic carbocycles. The van der Waals surface area contributed by atoms with Crippen molar-refractivity contribution >= 4 is 11.9 Å².